The molecule has 0 atom stereocenters. The molecule has 8 nitrogen and oxygen atoms in total. The molecule has 0 bridgehead atoms. The van der Waals surface area contributed by atoms with Gasteiger partial charge in [-0.3, -0.25) is 9.59 Å². The van der Waals surface area contributed by atoms with Crippen LogP contribution in [0.15, 0.2) is 23.6 Å². The van der Waals surface area contributed by atoms with E-state index in [9.17, 15) is 14.4 Å². The van der Waals surface area contributed by atoms with Crippen LogP contribution < -0.4 is 14.8 Å². The molecule has 1 aromatic carbocycles. The van der Waals surface area contributed by atoms with E-state index in [2.05, 4.69) is 5.32 Å². The Labute approximate surface area is 191 Å². The van der Waals surface area contributed by atoms with Crippen LogP contribution in [0.1, 0.15) is 41.6 Å². The van der Waals surface area contributed by atoms with Gasteiger partial charge in [0.1, 0.15) is 0 Å². The van der Waals surface area contributed by atoms with Crippen LogP contribution in [-0.4, -0.2) is 50.1 Å². The first-order valence-electron chi connectivity index (χ1n) is 10.2. The fourth-order valence-corrected chi connectivity index (χ4v) is 4.11. The number of anilines is 1. The number of esters is 1. The van der Waals surface area contributed by atoms with Gasteiger partial charge in [-0.05, 0) is 23.4 Å². The predicted octanol–water partition coefficient (Wildman–Crippen LogP) is 3.49. The lowest BCUT2D eigenvalue weighted by Gasteiger charge is -2.26. The molecule has 1 aliphatic heterocycles. The lowest BCUT2D eigenvalue weighted by molar-refractivity contribution is -0.135. The highest BCUT2D eigenvalue weighted by Crippen LogP contribution is 2.34. The van der Waals surface area contributed by atoms with Crippen LogP contribution in [0.3, 0.4) is 0 Å². The van der Waals surface area contributed by atoms with E-state index in [-0.39, 0.29) is 29.7 Å². The second-order valence-electron chi connectivity index (χ2n) is 8.47. The maximum Gasteiger partial charge on any atom is 0.340 e. The third-order valence-corrected chi connectivity index (χ3v) is 6.18. The van der Waals surface area contributed by atoms with Crippen molar-refractivity contribution in [3.8, 4) is 11.5 Å². The molecule has 0 radical (unpaired) electrons. The topological polar surface area (TPSA) is 94.2 Å². The Morgan fingerprint density at radius 2 is 1.81 bits per heavy atom. The van der Waals surface area contributed by atoms with Gasteiger partial charge in [0.05, 0.1) is 25.5 Å². The summed E-state index contributed by atoms with van der Waals surface area (Å²) in [4.78, 5) is 41.0. The molecule has 0 spiro atoms. The SMILES string of the molecule is COc1cc(NC(=O)C(C)(C)C)c(C(=O)OCC(=O)N2CCc3sccc3C2)cc1OC. The lowest BCUT2D eigenvalue weighted by atomic mass is 9.95. The Hall–Kier alpha value is -3.07. The number of fused-ring (bicyclic) bond motifs is 1. The van der Waals surface area contributed by atoms with E-state index in [1.807, 2.05) is 11.4 Å². The van der Waals surface area contributed by atoms with Gasteiger partial charge in [0, 0.05) is 35.5 Å². The largest absolute Gasteiger partial charge is 0.493 e. The van der Waals surface area contributed by atoms with Crippen molar-refractivity contribution in [1.29, 1.82) is 0 Å². The molecule has 3 rings (SSSR count). The minimum atomic E-state index is -0.739. The summed E-state index contributed by atoms with van der Waals surface area (Å²) < 4.78 is 15.9. The van der Waals surface area contributed by atoms with E-state index in [1.165, 1.54) is 31.2 Å². The van der Waals surface area contributed by atoms with Crippen molar-refractivity contribution in [2.24, 2.45) is 5.41 Å². The number of carbonyl (C=O) groups excluding carboxylic acids is 3. The second kappa shape index (κ2) is 9.60. The molecular weight excluding hydrogens is 432 g/mol. The third-order valence-electron chi connectivity index (χ3n) is 5.16. The standard InChI is InChI=1S/C23H28N2O6S/c1-23(2,3)22(28)24-16-11-18(30-5)17(29-4)10-15(16)21(27)31-13-20(26)25-8-6-19-14(12-25)7-9-32-19/h7,9-11H,6,8,12-13H2,1-5H3,(H,24,28). The quantitative estimate of drug-likeness (QED) is 0.663. The number of thiophene rings is 1. The number of benzene rings is 1. The summed E-state index contributed by atoms with van der Waals surface area (Å²) in [5, 5.41) is 4.76. The van der Waals surface area contributed by atoms with E-state index in [1.54, 1.807) is 37.0 Å². The zero-order valence-corrected chi connectivity index (χ0v) is 19.8. The lowest BCUT2D eigenvalue weighted by Crippen LogP contribution is -2.38. The van der Waals surface area contributed by atoms with Gasteiger partial charge < -0.3 is 24.4 Å². The minimum Gasteiger partial charge on any atom is -0.493 e. The number of nitrogens with zero attached hydrogens (tertiary/aromatic N) is 1. The molecule has 1 aliphatic rings. The molecule has 32 heavy (non-hydrogen) atoms. The molecule has 172 valence electrons. The van der Waals surface area contributed by atoms with E-state index in [0.717, 1.165) is 12.0 Å². The number of carbonyl (C=O) groups is 3. The highest BCUT2D eigenvalue weighted by Gasteiger charge is 2.27. The monoisotopic (exact) mass is 460 g/mol. The summed E-state index contributed by atoms with van der Waals surface area (Å²) in [6.07, 6.45) is 0.797. The highest BCUT2D eigenvalue weighted by molar-refractivity contribution is 7.10. The maximum atomic E-state index is 12.9. The molecule has 2 aromatic rings. The number of ether oxygens (including phenoxy) is 3. The maximum absolute atomic E-state index is 12.9. The predicted molar refractivity (Wildman–Crippen MR) is 121 cm³/mol. The first-order valence-corrected chi connectivity index (χ1v) is 11.1. The van der Waals surface area contributed by atoms with Crippen molar-refractivity contribution in [2.75, 3.05) is 32.7 Å². The van der Waals surface area contributed by atoms with Gasteiger partial charge in [-0.2, -0.15) is 0 Å². The first kappa shape index (κ1) is 23.6. The minimum absolute atomic E-state index is 0.0758. The van der Waals surface area contributed by atoms with E-state index >= 15 is 0 Å². The Balaban J connectivity index is 1.75. The van der Waals surface area contributed by atoms with Crippen molar-refractivity contribution in [3.63, 3.8) is 0 Å². The fraction of sp³-hybridized carbons (Fsp3) is 0.435. The molecule has 1 N–H and O–H groups in total. The molecule has 0 aliphatic carbocycles. The summed E-state index contributed by atoms with van der Waals surface area (Å²) in [5.41, 5.74) is 0.750. The number of hydrogen-bond donors (Lipinski definition) is 1. The molecule has 1 aromatic heterocycles. The van der Waals surface area contributed by atoms with Gasteiger partial charge in [0.15, 0.2) is 18.1 Å². The molecule has 2 amide bonds. The summed E-state index contributed by atoms with van der Waals surface area (Å²) in [5.74, 6) is -0.632. The normalized spacial score (nSPS) is 13.2. The van der Waals surface area contributed by atoms with Crippen LogP contribution in [0.4, 0.5) is 5.69 Å². The van der Waals surface area contributed by atoms with Crippen molar-refractivity contribution >= 4 is 34.8 Å². The highest BCUT2D eigenvalue weighted by atomic mass is 32.1. The van der Waals surface area contributed by atoms with Crippen LogP contribution in [-0.2, 0) is 27.3 Å². The zero-order valence-electron chi connectivity index (χ0n) is 18.9. The molecule has 9 heteroatoms. The summed E-state index contributed by atoms with van der Waals surface area (Å²) >= 11 is 1.69. The number of hydrogen-bond acceptors (Lipinski definition) is 7. The smallest absolute Gasteiger partial charge is 0.340 e. The summed E-state index contributed by atoms with van der Waals surface area (Å²) in [7, 11) is 2.90. The number of nitrogens with one attached hydrogen (secondary N) is 1. The second-order valence-corrected chi connectivity index (χ2v) is 9.47. The third kappa shape index (κ3) is 5.21. The molecular formula is C23H28N2O6S. The number of methoxy groups -OCH3 is 2. The van der Waals surface area contributed by atoms with Crippen molar-refractivity contribution < 1.29 is 28.6 Å². The fourth-order valence-electron chi connectivity index (χ4n) is 3.22. The molecule has 0 saturated heterocycles. The van der Waals surface area contributed by atoms with Gasteiger partial charge in [-0.15, -0.1) is 11.3 Å². The molecule has 0 saturated carbocycles. The average Bonchev–Trinajstić information content (AvgIpc) is 3.24. The summed E-state index contributed by atoms with van der Waals surface area (Å²) in [6, 6.07) is 4.95. The van der Waals surface area contributed by atoms with E-state index in [4.69, 9.17) is 14.2 Å². The average molecular weight is 461 g/mol. The van der Waals surface area contributed by atoms with E-state index in [0.29, 0.717) is 24.6 Å². The van der Waals surface area contributed by atoms with Gasteiger partial charge in [-0.1, -0.05) is 20.8 Å². The Kier molecular flexibility index (Phi) is 7.08. The Morgan fingerprint density at radius 1 is 1.12 bits per heavy atom. The first-order chi connectivity index (χ1) is 15.1. The van der Waals surface area contributed by atoms with Crippen LogP contribution in [0, 0.1) is 5.41 Å². The zero-order chi connectivity index (χ0) is 23.5. The summed E-state index contributed by atoms with van der Waals surface area (Å²) in [6.45, 7) is 6.00. The number of amides is 2. The molecule has 0 unspecified atom stereocenters. The molecule has 0 fully saturated rings. The van der Waals surface area contributed by atoms with Crippen molar-refractivity contribution in [3.05, 3.63) is 39.6 Å². The Bertz CT molecular complexity index is 1020. The van der Waals surface area contributed by atoms with Crippen LogP contribution in [0.25, 0.3) is 0 Å². The van der Waals surface area contributed by atoms with Crippen LogP contribution in [0.2, 0.25) is 0 Å². The Morgan fingerprint density at radius 3 is 2.47 bits per heavy atom. The van der Waals surface area contributed by atoms with Gasteiger partial charge >= 0.3 is 5.97 Å². The number of rotatable bonds is 6. The van der Waals surface area contributed by atoms with Gasteiger partial charge in [-0.25, -0.2) is 4.79 Å². The van der Waals surface area contributed by atoms with Gasteiger partial charge in [0.2, 0.25) is 5.91 Å². The molecule has 2 heterocycles. The van der Waals surface area contributed by atoms with E-state index < -0.39 is 11.4 Å². The van der Waals surface area contributed by atoms with Crippen molar-refractivity contribution in [2.45, 2.75) is 33.7 Å². The van der Waals surface area contributed by atoms with Crippen molar-refractivity contribution in [1.82, 2.24) is 4.90 Å². The van der Waals surface area contributed by atoms with Crippen LogP contribution >= 0.6 is 11.3 Å². The van der Waals surface area contributed by atoms with Gasteiger partial charge in [0.25, 0.3) is 5.91 Å². The van der Waals surface area contributed by atoms with Crippen LogP contribution in [0.5, 0.6) is 11.5 Å².